The Morgan fingerprint density at radius 1 is 0.562 bits per heavy atom. The molecule has 0 aromatic rings. The third kappa shape index (κ3) is 13.5. The second-order valence-electron chi connectivity index (χ2n) is 9.58. The summed E-state index contributed by atoms with van der Waals surface area (Å²) in [4.78, 5) is 0. The lowest BCUT2D eigenvalue weighted by Gasteiger charge is -2.39. The Labute approximate surface area is 196 Å². The van der Waals surface area contributed by atoms with Gasteiger partial charge < -0.3 is 29.9 Å². The van der Waals surface area contributed by atoms with Crippen molar-refractivity contribution in [3.8, 4) is 0 Å². The SMILES string of the molecule is CCCCCCCCCCCCCCCCCCCCO[C@@H]1O[C@@H](CO)[C@H](O)[C@@H](O)[C@@H]1O. The molecule has 1 aliphatic heterocycles. The Morgan fingerprint density at radius 3 is 1.38 bits per heavy atom. The summed E-state index contributed by atoms with van der Waals surface area (Å²) in [7, 11) is 0. The van der Waals surface area contributed by atoms with Crippen LogP contribution < -0.4 is 0 Å². The molecule has 5 atom stereocenters. The van der Waals surface area contributed by atoms with Gasteiger partial charge in [0, 0.05) is 6.61 Å². The molecule has 0 bridgehead atoms. The van der Waals surface area contributed by atoms with Gasteiger partial charge in [0.15, 0.2) is 6.29 Å². The minimum Gasteiger partial charge on any atom is -0.394 e. The molecule has 1 fully saturated rings. The normalized spacial score (nSPS) is 26.0. The van der Waals surface area contributed by atoms with E-state index < -0.39 is 37.3 Å². The van der Waals surface area contributed by atoms with Gasteiger partial charge in [-0.25, -0.2) is 0 Å². The number of unbranched alkanes of at least 4 members (excludes halogenated alkanes) is 17. The van der Waals surface area contributed by atoms with Gasteiger partial charge in [0.2, 0.25) is 0 Å². The quantitative estimate of drug-likeness (QED) is 0.183. The first-order valence-corrected chi connectivity index (χ1v) is 13.5. The standard InChI is InChI=1S/C26H52O6/c1-2-3-4-5-6-7-8-9-10-11-12-13-14-15-16-17-18-19-20-31-26-25(30)24(29)23(28)22(21-27)32-26/h22-30H,2-21H2,1H3/t22-,23-,24+,25-,26+/m0/s1. The molecule has 6 nitrogen and oxygen atoms in total. The summed E-state index contributed by atoms with van der Waals surface area (Å²) in [6.07, 6.45) is 17.9. The van der Waals surface area contributed by atoms with Crippen LogP contribution in [0.25, 0.3) is 0 Å². The van der Waals surface area contributed by atoms with Crippen LogP contribution in [0, 0.1) is 0 Å². The van der Waals surface area contributed by atoms with Gasteiger partial charge in [0.25, 0.3) is 0 Å². The van der Waals surface area contributed by atoms with Crippen LogP contribution in [-0.2, 0) is 9.47 Å². The van der Waals surface area contributed by atoms with Gasteiger partial charge in [0.05, 0.1) is 6.61 Å². The van der Waals surface area contributed by atoms with E-state index in [1.165, 1.54) is 103 Å². The molecule has 1 aliphatic rings. The summed E-state index contributed by atoms with van der Waals surface area (Å²) in [6.45, 7) is 2.28. The number of aliphatic hydroxyl groups excluding tert-OH is 4. The molecule has 0 saturated carbocycles. The fourth-order valence-corrected chi connectivity index (χ4v) is 4.41. The Kier molecular flexibility index (Phi) is 18.8. The number of hydrogen-bond donors (Lipinski definition) is 4. The highest BCUT2D eigenvalue weighted by Crippen LogP contribution is 2.22. The Balaban J connectivity index is 1.82. The van der Waals surface area contributed by atoms with Crippen LogP contribution in [0.4, 0.5) is 0 Å². The number of hydrogen-bond acceptors (Lipinski definition) is 6. The fourth-order valence-electron chi connectivity index (χ4n) is 4.41. The molecule has 0 aromatic heterocycles. The van der Waals surface area contributed by atoms with Crippen LogP contribution in [0.5, 0.6) is 0 Å². The third-order valence-electron chi connectivity index (χ3n) is 6.63. The van der Waals surface area contributed by atoms with Gasteiger partial charge in [-0.05, 0) is 6.42 Å². The molecule has 0 amide bonds. The first-order valence-electron chi connectivity index (χ1n) is 13.5. The van der Waals surface area contributed by atoms with Gasteiger partial charge in [-0.3, -0.25) is 0 Å². The van der Waals surface area contributed by atoms with E-state index in [-0.39, 0.29) is 0 Å². The minimum absolute atomic E-state index is 0.427. The first-order chi connectivity index (χ1) is 15.6. The van der Waals surface area contributed by atoms with E-state index in [2.05, 4.69) is 6.92 Å². The number of ether oxygens (including phenoxy) is 2. The average Bonchev–Trinajstić information content (AvgIpc) is 2.80. The first kappa shape index (κ1) is 29.8. The van der Waals surface area contributed by atoms with Gasteiger partial charge in [0.1, 0.15) is 24.4 Å². The van der Waals surface area contributed by atoms with Gasteiger partial charge in [-0.15, -0.1) is 0 Å². The van der Waals surface area contributed by atoms with Gasteiger partial charge in [-0.2, -0.15) is 0 Å². The Bertz CT molecular complexity index is 406. The molecule has 0 aromatic carbocycles. The van der Waals surface area contributed by atoms with Gasteiger partial charge >= 0.3 is 0 Å². The molecular formula is C26H52O6. The van der Waals surface area contributed by atoms with Crippen molar-refractivity contribution in [2.45, 2.75) is 153 Å². The maximum atomic E-state index is 9.93. The monoisotopic (exact) mass is 460 g/mol. The maximum absolute atomic E-state index is 9.93. The van der Waals surface area contributed by atoms with E-state index in [0.29, 0.717) is 6.61 Å². The molecule has 32 heavy (non-hydrogen) atoms. The van der Waals surface area contributed by atoms with Crippen LogP contribution in [0.3, 0.4) is 0 Å². The van der Waals surface area contributed by atoms with Crippen molar-refractivity contribution < 1.29 is 29.9 Å². The Hall–Kier alpha value is -0.240. The number of rotatable bonds is 21. The van der Waals surface area contributed by atoms with E-state index in [0.717, 1.165) is 12.8 Å². The van der Waals surface area contributed by atoms with E-state index in [1.54, 1.807) is 0 Å². The second kappa shape index (κ2) is 20.2. The molecule has 192 valence electrons. The van der Waals surface area contributed by atoms with Crippen LogP contribution in [-0.4, -0.2) is 64.3 Å². The molecule has 4 N–H and O–H groups in total. The summed E-state index contributed by atoms with van der Waals surface area (Å²) in [5, 5.41) is 38.6. The van der Waals surface area contributed by atoms with Crippen molar-refractivity contribution in [1.82, 2.24) is 0 Å². The highest BCUT2D eigenvalue weighted by Gasteiger charge is 2.43. The van der Waals surface area contributed by atoms with Crippen molar-refractivity contribution in [3.63, 3.8) is 0 Å². The molecular weight excluding hydrogens is 408 g/mol. The second-order valence-corrected chi connectivity index (χ2v) is 9.58. The molecule has 0 spiro atoms. The predicted octanol–water partition coefficient (Wildman–Crippen LogP) is 4.84. The average molecular weight is 461 g/mol. The van der Waals surface area contributed by atoms with E-state index >= 15 is 0 Å². The van der Waals surface area contributed by atoms with Crippen molar-refractivity contribution in [3.05, 3.63) is 0 Å². The highest BCUT2D eigenvalue weighted by molar-refractivity contribution is 4.88. The molecule has 1 heterocycles. The molecule has 0 radical (unpaired) electrons. The van der Waals surface area contributed by atoms with Crippen LogP contribution in [0.1, 0.15) is 122 Å². The summed E-state index contributed by atoms with van der Waals surface area (Å²) >= 11 is 0. The zero-order valence-corrected chi connectivity index (χ0v) is 20.6. The zero-order chi connectivity index (χ0) is 23.4. The lowest BCUT2D eigenvalue weighted by atomic mass is 9.99. The Morgan fingerprint density at radius 2 is 0.969 bits per heavy atom. The third-order valence-corrected chi connectivity index (χ3v) is 6.63. The molecule has 1 rings (SSSR count). The zero-order valence-electron chi connectivity index (χ0n) is 20.6. The smallest absolute Gasteiger partial charge is 0.186 e. The van der Waals surface area contributed by atoms with Crippen molar-refractivity contribution in [2.24, 2.45) is 0 Å². The van der Waals surface area contributed by atoms with Crippen molar-refractivity contribution in [2.75, 3.05) is 13.2 Å². The van der Waals surface area contributed by atoms with E-state index in [1.807, 2.05) is 0 Å². The van der Waals surface area contributed by atoms with E-state index in [4.69, 9.17) is 9.47 Å². The summed E-state index contributed by atoms with van der Waals surface area (Å²) in [5.74, 6) is 0. The van der Waals surface area contributed by atoms with Crippen LogP contribution in [0.15, 0.2) is 0 Å². The highest BCUT2D eigenvalue weighted by atomic mass is 16.7. The van der Waals surface area contributed by atoms with Crippen molar-refractivity contribution in [1.29, 1.82) is 0 Å². The van der Waals surface area contributed by atoms with E-state index in [9.17, 15) is 20.4 Å². The fraction of sp³-hybridized carbons (Fsp3) is 1.00. The lowest BCUT2D eigenvalue weighted by molar-refractivity contribution is -0.301. The largest absolute Gasteiger partial charge is 0.394 e. The molecule has 0 unspecified atom stereocenters. The summed E-state index contributed by atoms with van der Waals surface area (Å²) < 4.78 is 10.9. The van der Waals surface area contributed by atoms with Gasteiger partial charge in [-0.1, -0.05) is 116 Å². The van der Waals surface area contributed by atoms with Crippen molar-refractivity contribution >= 4 is 0 Å². The minimum atomic E-state index is -1.37. The van der Waals surface area contributed by atoms with Crippen LogP contribution >= 0.6 is 0 Å². The number of aliphatic hydroxyl groups is 4. The summed E-state index contributed by atoms with van der Waals surface area (Å²) in [5.41, 5.74) is 0. The maximum Gasteiger partial charge on any atom is 0.186 e. The van der Waals surface area contributed by atoms with Crippen LogP contribution in [0.2, 0.25) is 0 Å². The lowest BCUT2D eigenvalue weighted by Crippen LogP contribution is -2.59. The molecule has 0 aliphatic carbocycles. The molecule has 1 saturated heterocycles. The predicted molar refractivity (Wildman–Crippen MR) is 128 cm³/mol. The molecule has 6 heteroatoms. The summed E-state index contributed by atoms with van der Waals surface area (Å²) in [6, 6.07) is 0. The topological polar surface area (TPSA) is 99.4 Å².